The summed E-state index contributed by atoms with van der Waals surface area (Å²) in [4.78, 5) is 40.3. The van der Waals surface area contributed by atoms with Gasteiger partial charge in [-0.3, -0.25) is 19.4 Å². The summed E-state index contributed by atoms with van der Waals surface area (Å²) in [5, 5.41) is 8.09. The molecule has 0 bridgehead atoms. The highest BCUT2D eigenvalue weighted by molar-refractivity contribution is 6.09. The molecule has 7 heteroatoms. The number of aromatic nitrogens is 1. The maximum Gasteiger partial charge on any atom is 0.254 e. The van der Waals surface area contributed by atoms with E-state index in [1.807, 2.05) is 0 Å². The Hall–Kier alpha value is -3.22. The minimum Gasteiger partial charge on any atom is -0.340 e. The highest BCUT2D eigenvalue weighted by Crippen LogP contribution is 2.19. The van der Waals surface area contributed by atoms with Crippen molar-refractivity contribution < 1.29 is 14.4 Å². The van der Waals surface area contributed by atoms with Gasteiger partial charge < -0.3 is 16.0 Å². The van der Waals surface area contributed by atoms with E-state index in [9.17, 15) is 14.4 Å². The van der Waals surface area contributed by atoms with Crippen LogP contribution in [0.3, 0.4) is 0 Å². The van der Waals surface area contributed by atoms with Crippen molar-refractivity contribution in [2.75, 3.05) is 10.6 Å². The Balaban J connectivity index is 1.61. The fourth-order valence-corrected chi connectivity index (χ4v) is 2.45. The van der Waals surface area contributed by atoms with Crippen LogP contribution in [0.1, 0.15) is 23.2 Å². The molecule has 2 heterocycles. The molecule has 0 aliphatic carbocycles. The monoisotopic (exact) mass is 324 g/mol. The van der Waals surface area contributed by atoms with E-state index in [1.165, 1.54) is 0 Å². The molecule has 0 saturated carbocycles. The van der Waals surface area contributed by atoms with Gasteiger partial charge in [-0.05, 0) is 30.7 Å². The highest BCUT2D eigenvalue weighted by Gasteiger charge is 2.27. The first-order chi connectivity index (χ1) is 11.6. The molecule has 1 atom stereocenters. The zero-order valence-electron chi connectivity index (χ0n) is 12.8. The van der Waals surface area contributed by atoms with Crippen LogP contribution in [0, 0.1) is 0 Å². The van der Waals surface area contributed by atoms with E-state index < -0.39 is 6.04 Å². The number of hydrogen-bond acceptors (Lipinski definition) is 4. The van der Waals surface area contributed by atoms with Crippen molar-refractivity contribution in [3.63, 3.8) is 0 Å². The zero-order valence-corrected chi connectivity index (χ0v) is 12.8. The van der Waals surface area contributed by atoms with Crippen LogP contribution in [0.2, 0.25) is 0 Å². The summed E-state index contributed by atoms with van der Waals surface area (Å²) in [5.41, 5.74) is 1.52. The van der Waals surface area contributed by atoms with Crippen LogP contribution in [0.5, 0.6) is 0 Å². The van der Waals surface area contributed by atoms with E-state index >= 15 is 0 Å². The first-order valence-corrected chi connectivity index (χ1v) is 7.54. The fraction of sp³-hybridized carbons (Fsp3) is 0.176. The smallest absolute Gasteiger partial charge is 0.254 e. The van der Waals surface area contributed by atoms with Crippen LogP contribution < -0.4 is 16.0 Å². The fourth-order valence-electron chi connectivity index (χ4n) is 2.45. The van der Waals surface area contributed by atoms with E-state index in [2.05, 4.69) is 20.9 Å². The van der Waals surface area contributed by atoms with Gasteiger partial charge in [0.05, 0.1) is 11.3 Å². The quantitative estimate of drug-likeness (QED) is 0.794. The van der Waals surface area contributed by atoms with Gasteiger partial charge in [-0.2, -0.15) is 0 Å². The Kier molecular flexibility index (Phi) is 4.51. The molecule has 1 aromatic heterocycles. The van der Waals surface area contributed by atoms with Crippen LogP contribution in [0.4, 0.5) is 11.4 Å². The molecule has 122 valence electrons. The standard InChI is InChI=1S/C17H16N4O3/c22-15(19-11-7-9-18-10-8-11)6-5-14-17(24)20-13-4-2-1-3-12(13)16(23)21-14/h1-4,7-10,14H,5-6H2,(H,20,24)(H,21,23)(H,18,19,22). The Labute approximate surface area is 138 Å². The molecule has 24 heavy (non-hydrogen) atoms. The highest BCUT2D eigenvalue weighted by atomic mass is 16.2. The Morgan fingerprint density at radius 1 is 1.12 bits per heavy atom. The third kappa shape index (κ3) is 3.57. The predicted molar refractivity (Wildman–Crippen MR) is 88.4 cm³/mol. The van der Waals surface area contributed by atoms with Gasteiger partial charge in [-0.1, -0.05) is 12.1 Å². The first kappa shape index (κ1) is 15.7. The van der Waals surface area contributed by atoms with Gasteiger partial charge in [-0.15, -0.1) is 0 Å². The van der Waals surface area contributed by atoms with E-state index in [4.69, 9.17) is 0 Å². The summed E-state index contributed by atoms with van der Waals surface area (Å²) in [7, 11) is 0. The first-order valence-electron chi connectivity index (χ1n) is 7.54. The summed E-state index contributed by atoms with van der Waals surface area (Å²) in [6.07, 6.45) is 3.47. The molecule has 1 aliphatic heterocycles. The van der Waals surface area contributed by atoms with Crippen LogP contribution in [-0.4, -0.2) is 28.7 Å². The second-order valence-corrected chi connectivity index (χ2v) is 5.38. The number of para-hydroxylation sites is 1. The van der Waals surface area contributed by atoms with Crippen molar-refractivity contribution in [3.05, 3.63) is 54.4 Å². The lowest BCUT2D eigenvalue weighted by molar-refractivity contribution is -0.118. The number of nitrogens with zero attached hydrogens (tertiary/aromatic N) is 1. The second-order valence-electron chi connectivity index (χ2n) is 5.38. The van der Waals surface area contributed by atoms with Crippen LogP contribution in [0.15, 0.2) is 48.8 Å². The second kappa shape index (κ2) is 6.91. The molecular formula is C17H16N4O3. The maximum atomic E-state index is 12.2. The van der Waals surface area contributed by atoms with Gasteiger partial charge in [0.2, 0.25) is 11.8 Å². The van der Waals surface area contributed by atoms with Crippen molar-refractivity contribution in [2.24, 2.45) is 0 Å². The minimum absolute atomic E-state index is 0.108. The van der Waals surface area contributed by atoms with E-state index in [-0.39, 0.29) is 30.6 Å². The Morgan fingerprint density at radius 3 is 2.67 bits per heavy atom. The number of anilines is 2. The number of nitrogens with one attached hydrogen (secondary N) is 3. The van der Waals surface area contributed by atoms with Gasteiger partial charge in [0, 0.05) is 24.5 Å². The zero-order chi connectivity index (χ0) is 16.9. The Morgan fingerprint density at radius 2 is 1.88 bits per heavy atom. The molecule has 3 N–H and O–H groups in total. The lowest BCUT2D eigenvalue weighted by atomic mass is 10.1. The normalized spacial score (nSPS) is 16.4. The van der Waals surface area contributed by atoms with Gasteiger partial charge in [0.1, 0.15) is 6.04 Å². The number of carbonyl (C=O) groups is 3. The SMILES string of the molecule is O=C(CCC1NC(=O)c2ccccc2NC1=O)Nc1ccncc1. The van der Waals surface area contributed by atoms with Crippen molar-refractivity contribution in [3.8, 4) is 0 Å². The summed E-state index contributed by atoms with van der Waals surface area (Å²) >= 11 is 0. The van der Waals surface area contributed by atoms with Gasteiger partial charge >= 0.3 is 0 Å². The number of pyridine rings is 1. The number of rotatable bonds is 4. The number of benzene rings is 1. The van der Waals surface area contributed by atoms with Crippen molar-refractivity contribution in [2.45, 2.75) is 18.9 Å². The lowest BCUT2D eigenvalue weighted by Crippen LogP contribution is -2.41. The summed E-state index contributed by atoms with van der Waals surface area (Å²) < 4.78 is 0. The van der Waals surface area contributed by atoms with Gasteiger partial charge in [0.25, 0.3) is 5.91 Å². The van der Waals surface area contributed by atoms with E-state index in [0.717, 1.165) is 0 Å². The van der Waals surface area contributed by atoms with E-state index in [0.29, 0.717) is 16.9 Å². The van der Waals surface area contributed by atoms with Crippen LogP contribution in [0.25, 0.3) is 0 Å². The molecule has 0 spiro atoms. The minimum atomic E-state index is -0.756. The predicted octanol–water partition coefficient (Wildman–Crippen LogP) is 1.55. The van der Waals surface area contributed by atoms with Gasteiger partial charge in [0.15, 0.2) is 0 Å². The number of fused-ring (bicyclic) bond motifs is 1. The summed E-state index contributed by atoms with van der Waals surface area (Å²) in [6.45, 7) is 0. The maximum absolute atomic E-state index is 12.2. The Bertz CT molecular complexity index is 776. The number of hydrogen-bond donors (Lipinski definition) is 3. The summed E-state index contributed by atoms with van der Waals surface area (Å²) in [6, 6.07) is 9.38. The van der Waals surface area contributed by atoms with Gasteiger partial charge in [-0.25, -0.2) is 0 Å². The van der Waals surface area contributed by atoms with Crippen LogP contribution >= 0.6 is 0 Å². The van der Waals surface area contributed by atoms with Crippen molar-refractivity contribution in [1.82, 2.24) is 10.3 Å². The molecule has 3 amide bonds. The molecule has 1 aliphatic rings. The molecule has 1 aromatic carbocycles. The van der Waals surface area contributed by atoms with Crippen LogP contribution in [-0.2, 0) is 9.59 Å². The van der Waals surface area contributed by atoms with Crippen molar-refractivity contribution >= 4 is 29.1 Å². The average molecular weight is 324 g/mol. The largest absolute Gasteiger partial charge is 0.340 e. The third-order valence-corrected chi connectivity index (χ3v) is 3.68. The van der Waals surface area contributed by atoms with Crippen molar-refractivity contribution in [1.29, 1.82) is 0 Å². The molecule has 2 aromatic rings. The average Bonchev–Trinajstić information content (AvgIpc) is 2.71. The topological polar surface area (TPSA) is 100 Å². The molecule has 7 nitrogen and oxygen atoms in total. The molecular weight excluding hydrogens is 308 g/mol. The molecule has 0 saturated heterocycles. The number of amides is 3. The molecule has 3 rings (SSSR count). The molecule has 1 unspecified atom stereocenters. The number of carbonyl (C=O) groups excluding carboxylic acids is 3. The summed E-state index contributed by atoms with van der Waals surface area (Å²) in [5.74, 6) is -0.890. The third-order valence-electron chi connectivity index (χ3n) is 3.68. The van der Waals surface area contributed by atoms with E-state index in [1.54, 1.807) is 48.8 Å². The molecule has 0 radical (unpaired) electrons. The lowest BCUT2D eigenvalue weighted by Gasteiger charge is -2.14. The molecule has 0 fully saturated rings.